The molecule has 2 aromatic carbocycles. The SMILES string of the molecule is CCCCNC(=O)C(C)N(Cc1ccccc1Cl)C(=O)CN(c1ccc(Cl)cc1C)S(C)(=O)=O. The van der Waals surface area contributed by atoms with E-state index < -0.39 is 28.5 Å². The van der Waals surface area contributed by atoms with Gasteiger partial charge in [0.15, 0.2) is 0 Å². The molecule has 186 valence electrons. The van der Waals surface area contributed by atoms with Crippen LogP contribution in [0.25, 0.3) is 0 Å². The minimum Gasteiger partial charge on any atom is -0.354 e. The Labute approximate surface area is 212 Å². The molecule has 1 unspecified atom stereocenters. The van der Waals surface area contributed by atoms with Gasteiger partial charge in [-0.2, -0.15) is 0 Å². The first-order valence-electron chi connectivity index (χ1n) is 11.0. The van der Waals surface area contributed by atoms with Crippen molar-refractivity contribution in [2.24, 2.45) is 0 Å². The summed E-state index contributed by atoms with van der Waals surface area (Å²) in [5.41, 5.74) is 1.60. The van der Waals surface area contributed by atoms with Crippen LogP contribution in [-0.4, -0.2) is 50.5 Å². The number of amides is 2. The van der Waals surface area contributed by atoms with Crippen LogP contribution in [0.1, 0.15) is 37.8 Å². The Morgan fingerprint density at radius 1 is 1.12 bits per heavy atom. The van der Waals surface area contributed by atoms with Gasteiger partial charge in [0.2, 0.25) is 21.8 Å². The molecule has 7 nitrogen and oxygen atoms in total. The van der Waals surface area contributed by atoms with E-state index in [4.69, 9.17) is 23.2 Å². The highest BCUT2D eigenvalue weighted by Gasteiger charge is 2.30. The topological polar surface area (TPSA) is 86.8 Å². The molecule has 0 heterocycles. The Balaban J connectivity index is 2.39. The maximum absolute atomic E-state index is 13.5. The summed E-state index contributed by atoms with van der Waals surface area (Å²) in [5.74, 6) is -0.847. The lowest BCUT2D eigenvalue weighted by atomic mass is 10.1. The number of carbonyl (C=O) groups is 2. The molecule has 0 spiro atoms. The summed E-state index contributed by atoms with van der Waals surface area (Å²) in [6, 6.07) is 10.9. The zero-order valence-electron chi connectivity index (χ0n) is 19.8. The summed E-state index contributed by atoms with van der Waals surface area (Å²) in [7, 11) is -3.81. The molecule has 0 aliphatic carbocycles. The van der Waals surface area contributed by atoms with Crippen LogP contribution in [0.4, 0.5) is 5.69 Å². The fourth-order valence-electron chi connectivity index (χ4n) is 3.42. The van der Waals surface area contributed by atoms with Crippen molar-refractivity contribution >= 4 is 50.7 Å². The Morgan fingerprint density at radius 3 is 2.38 bits per heavy atom. The molecule has 10 heteroatoms. The van der Waals surface area contributed by atoms with Gasteiger partial charge in [0, 0.05) is 23.1 Å². The number of nitrogens with one attached hydrogen (secondary N) is 1. The molecule has 0 saturated heterocycles. The smallest absolute Gasteiger partial charge is 0.244 e. The number of rotatable bonds is 11. The lowest BCUT2D eigenvalue weighted by molar-refractivity contribution is -0.139. The normalized spacial score (nSPS) is 12.2. The third-order valence-electron chi connectivity index (χ3n) is 5.40. The third kappa shape index (κ3) is 7.61. The first-order chi connectivity index (χ1) is 16.0. The van der Waals surface area contributed by atoms with Gasteiger partial charge in [-0.1, -0.05) is 54.7 Å². The number of unbranched alkanes of at least 4 members (excludes halogenated alkanes) is 1. The van der Waals surface area contributed by atoms with Crippen LogP contribution in [0.2, 0.25) is 10.0 Å². The number of sulfonamides is 1. The number of anilines is 1. The van der Waals surface area contributed by atoms with Crippen LogP contribution in [0.3, 0.4) is 0 Å². The largest absolute Gasteiger partial charge is 0.354 e. The van der Waals surface area contributed by atoms with Gasteiger partial charge < -0.3 is 10.2 Å². The fourth-order valence-corrected chi connectivity index (χ4v) is 4.75. The Morgan fingerprint density at radius 2 is 1.79 bits per heavy atom. The van der Waals surface area contributed by atoms with Crippen molar-refractivity contribution in [2.75, 3.05) is 23.7 Å². The Bertz CT molecular complexity index is 1120. The van der Waals surface area contributed by atoms with Crippen molar-refractivity contribution in [1.82, 2.24) is 10.2 Å². The predicted octanol–water partition coefficient (Wildman–Crippen LogP) is 4.40. The predicted molar refractivity (Wildman–Crippen MR) is 138 cm³/mol. The molecule has 1 N–H and O–H groups in total. The van der Waals surface area contributed by atoms with Crippen LogP contribution < -0.4 is 9.62 Å². The number of benzene rings is 2. The van der Waals surface area contributed by atoms with Crippen LogP contribution >= 0.6 is 23.2 Å². The minimum atomic E-state index is -3.81. The highest BCUT2D eigenvalue weighted by atomic mass is 35.5. The summed E-state index contributed by atoms with van der Waals surface area (Å²) in [6.45, 7) is 5.43. The van der Waals surface area contributed by atoms with E-state index in [9.17, 15) is 18.0 Å². The van der Waals surface area contributed by atoms with Gasteiger partial charge in [-0.15, -0.1) is 0 Å². The average Bonchev–Trinajstić information content (AvgIpc) is 2.76. The number of nitrogens with zero attached hydrogens (tertiary/aromatic N) is 2. The van der Waals surface area contributed by atoms with E-state index in [1.54, 1.807) is 56.3 Å². The van der Waals surface area contributed by atoms with Crippen molar-refractivity contribution in [1.29, 1.82) is 0 Å². The maximum atomic E-state index is 13.5. The van der Waals surface area contributed by atoms with Crippen molar-refractivity contribution in [3.8, 4) is 0 Å². The Hall–Kier alpha value is -2.29. The molecule has 0 aromatic heterocycles. The van der Waals surface area contributed by atoms with Crippen LogP contribution in [0.5, 0.6) is 0 Å². The highest BCUT2D eigenvalue weighted by Crippen LogP contribution is 2.26. The third-order valence-corrected chi connectivity index (χ3v) is 7.13. The van der Waals surface area contributed by atoms with Crippen LogP contribution in [0.15, 0.2) is 42.5 Å². The highest BCUT2D eigenvalue weighted by molar-refractivity contribution is 7.92. The maximum Gasteiger partial charge on any atom is 0.244 e. The van der Waals surface area contributed by atoms with E-state index in [0.717, 1.165) is 23.4 Å². The van der Waals surface area contributed by atoms with Gasteiger partial charge in [-0.3, -0.25) is 13.9 Å². The van der Waals surface area contributed by atoms with E-state index in [0.29, 0.717) is 33.4 Å². The molecule has 0 bridgehead atoms. The number of hydrogen-bond donors (Lipinski definition) is 1. The first kappa shape index (κ1) is 28.0. The number of halogens is 2. The van der Waals surface area contributed by atoms with Crippen LogP contribution in [0, 0.1) is 6.92 Å². The molecule has 0 aliphatic heterocycles. The van der Waals surface area contributed by atoms with Crippen LogP contribution in [-0.2, 0) is 26.2 Å². The molecule has 34 heavy (non-hydrogen) atoms. The zero-order valence-corrected chi connectivity index (χ0v) is 22.2. The summed E-state index contributed by atoms with van der Waals surface area (Å²) < 4.78 is 26.3. The number of hydrogen-bond acceptors (Lipinski definition) is 4. The summed E-state index contributed by atoms with van der Waals surface area (Å²) in [6.07, 6.45) is 2.77. The van der Waals surface area contributed by atoms with Crippen molar-refractivity contribution < 1.29 is 18.0 Å². The number of carbonyl (C=O) groups excluding carboxylic acids is 2. The molecule has 0 fully saturated rings. The van der Waals surface area contributed by atoms with Gasteiger partial charge >= 0.3 is 0 Å². The van der Waals surface area contributed by atoms with E-state index in [1.165, 1.54) is 4.90 Å². The van der Waals surface area contributed by atoms with Crippen molar-refractivity contribution in [2.45, 2.75) is 46.2 Å². The molecule has 0 aliphatic rings. The standard InChI is InChI=1S/C24H31Cl2N3O4S/c1-5-6-13-27-24(31)18(3)28(15-19-9-7-8-10-21(19)26)23(30)16-29(34(4,32)33)22-12-11-20(25)14-17(22)2/h7-12,14,18H,5-6,13,15-16H2,1-4H3,(H,27,31). The zero-order chi connectivity index (χ0) is 25.5. The molecule has 1 atom stereocenters. The second kappa shape index (κ2) is 12.4. The molecular formula is C24H31Cl2N3O4S. The first-order valence-corrected chi connectivity index (χ1v) is 13.6. The molecular weight excluding hydrogens is 497 g/mol. The molecule has 2 rings (SSSR count). The van der Waals surface area contributed by atoms with Gasteiger partial charge in [-0.05, 0) is 55.7 Å². The lowest BCUT2D eigenvalue weighted by Gasteiger charge is -2.32. The molecule has 2 aromatic rings. The summed E-state index contributed by atoms with van der Waals surface area (Å²) in [4.78, 5) is 27.7. The number of aryl methyl sites for hydroxylation is 1. The second-order valence-corrected chi connectivity index (χ2v) is 10.9. The van der Waals surface area contributed by atoms with E-state index >= 15 is 0 Å². The lowest BCUT2D eigenvalue weighted by Crippen LogP contribution is -2.51. The molecule has 0 saturated carbocycles. The van der Waals surface area contributed by atoms with Gasteiger partial charge in [0.05, 0.1) is 11.9 Å². The second-order valence-electron chi connectivity index (χ2n) is 8.13. The minimum absolute atomic E-state index is 0.0536. The van der Waals surface area contributed by atoms with E-state index in [1.807, 2.05) is 6.92 Å². The molecule has 0 radical (unpaired) electrons. The summed E-state index contributed by atoms with van der Waals surface area (Å²) in [5, 5.41) is 3.75. The van der Waals surface area contributed by atoms with Crippen molar-refractivity contribution in [3.05, 3.63) is 63.6 Å². The van der Waals surface area contributed by atoms with E-state index in [2.05, 4.69) is 5.32 Å². The van der Waals surface area contributed by atoms with E-state index in [-0.39, 0.29) is 12.5 Å². The fraction of sp³-hybridized carbons (Fsp3) is 0.417. The summed E-state index contributed by atoms with van der Waals surface area (Å²) >= 11 is 12.3. The molecule has 2 amide bonds. The van der Waals surface area contributed by atoms with Gasteiger partial charge in [0.25, 0.3) is 0 Å². The quantitative estimate of drug-likeness (QED) is 0.438. The monoisotopic (exact) mass is 527 g/mol. The van der Waals surface area contributed by atoms with Crippen molar-refractivity contribution in [3.63, 3.8) is 0 Å². The Kier molecular flexibility index (Phi) is 10.2. The van der Waals surface area contributed by atoms with Gasteiger partial charge in [-0.25, -0.2) is 8.42 Å². The van der Waals surface area contributed by atoms with Gasteiger partial charge in [0.1, 0.15) is 12.6 Å². The average molecular weight is 529 g/mol.